The number of primary sulfonamides is 1. The van der Waals surface area contributed by atoms with Crippen molar-refractivity contribution in [3.63, 3.8) is 0 Å². The number of benzene rings is 1. The van der Waals surface area contributed by atoms with Crippen molar-refractivity contribution in [3.8, 4) is 0 Å². The summed E-state index contributed by atoms with van der Waals surface area (Å²) < 4.78 is 27.3. The van der Waals surface area contributed by atoms with Crippen molar-refractivity contribution in [2.75, 3.05) is 12.4 Å². The third-order valence-corrected chi connectivity index (χ3v) is 5.84. The standard InChI is InChI=1S/C16H19N3O4S3/c1-3-11-8-13(15(20)23-2)14(25-11)19-16(24)18-9-10-4-6-12(7-5-10)26(17,21)22/h4-8H,3,9H2,1-2H3,(H2,17,21,22)(H2,18,19,24). The van der Waals surface area contributed by atoms with Gasteiger partial charge in [0.2, 0.25) is 10.0 Å². The lowest BCUT2D eigenvalue weighted by molar-refractivity contribution is 0.0602. The van der Waals surface area contributed by atoms with Gasteiger partial charge in [0.15, 0.2) is 5.11 Å². The summed E-state index contributed by atoms with van der Waals surface area (Å²) in [7, 11) is -2.38. The van der Waals surface area contributed by atoms with Gasteiger partial charge in [0.05, 0.1) is 17.6 Å². The molecule has 0 spiro atoms. The third kappa shape index (κ3) is 5.24. The molecule has 0 aliphatic heterocycles. The molecule has 140 valence electrons. The Bertz CT molecular complexity index is 905. The van der Waals surface area contributed by atoms with Crippen LogP contribution >= 0.6 is 23.6 Å². The molecular formula is C16H19N3O4S3. The van der Waals surface area contributed by atoms with Gasteiger partial charge >= 0.3 is 5.97 Å². The number of nitrogens with one attached hydrogen (secondary N) is 2. The number of sulfonamides is 1. The van der Waals surface area contributed by atoms with E-state index < -0.39 is 16.0 Å². The van der Waals surface area contributed by atoms with Gasteiger partial charge < -0.3 is 15.4 Å². The number of aryl methyl sites for hydroxylation is 1. The van der Waals surface area contributed by atoms with Crippen LogP contribution in [0.25, 0.3) is 0 Å². The van der Waals surface area contributed by atoms with Crippen LogP contribution in [0.1, 0.15) is 27.7 Å². The molecule has 0 aliphatic carbocycles. The fourth-order valence-electron chi connectivity index (χ4n) is 2.10. The largest absolute Gasteiger partial charge is 0.465 e. The summed E-state index contributed by atoms with van der Waals surface area (Å²) in [6.07, 6.45) is 0.799. The molecule has 0 atom stereocenters. The Morgan fingerprint density at radius 2 is 1.96 bits per heavy atom. The first kappa shape index (κ1) is 20.3. The van der Waals surface area contributed by atoms with Gasteiger partial charge in [-0.25, -0.2) is 18.4 Å². The number of carbonyl (C=O) groups is 1. The van der Waals surface area contributed by atoms with Gasteiger partial charge in [-0.3, -0.25) is 0 Å². The summed E-state index contributed by atoms with van der Waals surface area (Å²) >= 11 is 6.70. The lowest BCUT2D eigenvalue weighted by Crippen LogP contribution is -2.28. The minimum absolute atomic E-state index is 0.0513. The minimum atomic E-state index is -3.71. The van der Waals surface area contributed by atoms with Crippen LogP contribution < -0.4 is 15.8 Å². The molecule has 0 amide bonds. The molecule has 2 aromatic rings. The Morgan fingerprint density at radius 1 is 1.31 bits per heavy atom. The highest BCUT2D eigenvalue weighted by molar-refractivity contribution is 7.89. The molecule has 26 heavy (non-hydrogen) atoms. The van der Waals surface area contributed by atoms with Crippen LogP contribution in [0.2, 0.25) is 0 Å². The van der Waals surface area contributed by atoms with E-state index in [1.165, 1.54) is 30.6 Å². The monoisotopic (exact) mass is 413 g/mol. The molecule has 4 N–H and O–H groups in total. The van der Waals surface area contributed by atoms with Gasteiger partial charge in [0.1, 0.15) is 5.00 Å². The topological polar surface area (TPSA) is 111 Å². The number of carbonyl (C=O) groups excluding carboxylic acids is 1. The Morgan fingerprint density at radius 3 is 2.50 bits per heavy atom. The lowest BCUT2D eigenvalue weighted by Gasteiger charge is -2.10. The summed E-state index contributed by atoms with van der Waals surface area (Å²) in [6.45, 7) is 2.38. The molecule has 0 fully saturated rings. The quantitative estimate of drug-likeness (QED) is 0.492. The second-order valence-electron chi connectivity index (χ2n) is 5.30. The number of anilines is 1. The molecule has 0 bridgehead atoms. The number of thiocarbonyl (C=S) groups is 1. The maximum atomic E-state index is 11.9. The highest BCUT2D eigenvalue weighted by Gasteiger charge is 2.17. The average Bonchev–Trinajstić information content (AvgIpc) is 3.01. The first-order valence-electron chi connectivity index (χ1n) is 7.62. The van der Waals surface area contributed by atoms with Crippen LogP contribution in [0, 0.1) is 0 Å². The maximum absolute atomic E-state index is 11.9. The Kier molecular flexibility index (Phi) is 6.70. The maximum Gasteiger partial charge on any atom is 0.340 e. The summed E-state index contributed by atoms with van der Waals surface area (Å²) in [6, 6.07) is 7.95. The van der Waals surface area contributed by atoms with E-state index >= 15 is 0 Å². The molecule has 0 saturated carbocycles. The van der Waals surface area contributed by atoms with E-state index in [2.05, 4.69) is 10.6 Å². The van der Waals surface area contributed by atoms with Gasteiger partial charge in [-0.2, -0.15) is 0 Å². The van der Waals surface area contributed by atoms with Crippen LogP contribution in [-0.4, -0.2) is 26.6 Å². The molecular weight excluding hydrogens is 394 g/mol. The zero-order chi connectivity index (χ0) is 19.3. The molecule has 0 radical (unpaired) electrons. The van der Waals surface area contributed by atoms with Crippen molar-refractivity contribution in [1.82, 2.24) is 5.32 Å². The van der Waals surface area contributed by atoms with E-state index in [9.17, 15) is 13.2 Å². The summed E-state index contributed by atoms with van der Waals surface area (Å²) in [5.74, 6) is -0.426. The van der Waals surface area contributed by atoms with E-state index in [1.807, 2.05) is 6.92 Å². The smallest absolute Gasteiger partial charge is 0.340 e. The Labute approximate surface area is 161 Å². The molecule has 0 saturated heterocycles. The van der Waals surface area contributed by atoms with Crippen LogP contribution in [-0.2, 0) is 27.7 Å². The van der Waals surface area contributed by atoms with Crippen molar-refractivity contribution in [3.05, 3.63) is 46.3 Å². The molecule has 1 heterocycles. The first-order valence-corrected chi connectivity index (χ1v) is 10.4. The second-order valence-corrected chi connectivity index (χ2v) is 8.40. The number of hydrogen-bond acceptors (Lipinski definition) is 6. The zero-order valence-electron chi connectivity index (χ0n) is 14.2. The summed E-state index contributed by atoms with van der Waals surface area (Å²) in [5.41, 5.74) is 1.27. The highest BCUT2D eigenvalue weighted by Crippen LogP contribution is 2.29. The number of nitrogens with two attached hydrogens (primary N) is 1. The molecule has 0 unspecified atom stereocenters. The number of hydrogen-bond donors (Lipinski definition) is 3. The van der Waals surface area contributed by atoms with Crippen LogP contribution in [0.15, 0.2) is 35.2 Å². The van der Waals surface area contributed by atoms with Crippen molar-refractivity contribution in [1.29, 1.82) is 0 Å². The fraction of sp³-hybridized carbons (Fsp3) is 0.250. The first-order chi connectivity index (χ1) is 12.2. The SMILES string of the molecule is CCc1cc(C(=O)OC)c(NC(=S)NCc2ccc(S(N)(=O)=O)cc2)s1. The van der Waals surface area contributed by atoms with E-state index in [1.54, 1.807) is 18.2 Å². The fourth-order valence-corrected chi connectivity index (χ4v) is 3.84. The molecule has 0 aliphatic rings. The Hall–Kier alpha value is -2.01. The normalized spacial score (nSPS) is 11.0. The molecule has 1 aromatic carbocycles. The predicted molar refractivity (Wildman–Crippen MR) is 106 cm³/mol. The number of rotatable bonds is 6. The Balaban J connectivity index is 2.01. The predicted octanol–water partition coefficient (Wildman–Crippen LogP) is 2.23. The van der Waals surface area contributed by atoms with Gasteiger partial charge in [-0.05, 0) is 42.4 Å². The molecule has 7 nitrogen and oxygen atoms in total. The number of methoxy groups -OCH3 is 1. The molecule has 10 heteroatoms. The lowest BCUT2D eigenvalue weighted by atomic mass is 10.2. The van der Waals surface area contributed by atoms with Crippen LogP contribution in [0.3, 0.4) is 0 Å². The number of esters is 1. The average molecular weight is 414 g/mol. The molecule has 2 rings (SSSR count). The van der Waals surface area contributed by atoms with E-state index in [4.69, 9.17) is 22.1 Å². The van der Waals surface area contributed by atoms with Crippen molar-refractivity contribution < 1.29 is 17.9 Å². The van der Waals surface area contributed by atoms with Crippen molar-refractivity contribution in [2.45, 2.75) is 24.8 Å². The molecule has 1 aromatic heterocycles. The van der Waals surface area contributed by atoms with E-state index in [0.29, 0.717) is 22.2 Å². The van der Waals surface area contributed by atoms with Crippen LogP contribution in [0.5, 0.6) is 0 Å². The zero-order valence-corrected chi connectivity index (χ0v) is 16.7. The van der Waals surface area contributed by atoms with E-state index in [-0.39, 0.29) is 4.90 Å². The van der Waals surface area contributed by atoms with Crippen LogP contribution in [0.4, 0.5) is 5.00 Å². The summed E-state index contributed by atoms with van der Waals surface area (Å²) in [4.78, 5) is 12.9. The van der Waals surface area contributed by atoms with Crippen molar-refractivity contribution >= 4 is 49.7 Å². The third-order valence-electron chi connectivity index (χ3n) is 3.47. The van der Waals surface area contributed by atoms with Gasteiger partial charge in [0.25, 0.3) is 0 Å². The van der Waals surface area contributed by atoms with Crippen molar-refractivity contribution in [2.24, 2.45) is 5.14 Å². The van der Waals surface area contributed by atoms with Gasteiger partial charge in [0, 0.05) is 11.4 Å². The van der Waals surface area contributed by atoms with Gasteiger partial charge in [-0.1, -0.05) is 19.1 Å². The number of thiophene rings is 1. The second kappa shape index (κ2) is 8.58. The van der Waals surface area contributed by atoms with Gasteiger partial charge in [-0.15, -0.1) is 11.3 Å². The highest BCUT2D eigenvalue weighted by atomic mass is 32.2. The van der Waals surface area contributed by atoms with E-state index in [0.717, 1.165) is 16.9 Å². The number of ether oxygens (including phenoxy) is 1. The summed E-state index contributed by atoms with van der Waals surface area (Å²) in [5, 5.41) is 12.1. The minimum Gasteiger partial charge on any atom is -0.465 e.